The van der Waals surface area contributed by atoms with Crippen molar-refractivity contribution in [1.82, 2.24) is 4.98 Å². The van der Waals surface area contributed by atoms with Crippen molar-refractivity contribution in [2.75, 3.05) is 10.6 Å². The third kappa shape index (κ3) is 3.11. The van der Waals surface area contributed by atoms with E-state index < -0.39 is 6.03 Å². The van der Waals surface area contributed by atoms with Crippen LogP contribution in [-0.2, 0) is 0 Å². The predicted molar refractivity (Wildman–Crippen MR) is 70.0 cm³/mol. The monoisotopic (exact) mass is 263 g/mol. The van der Waals surface area contributed by atoms with Gasteiger partial charge in [0.05, 0.1) is 16.9 Å². The topological polar surface area (TPSA) is 74.2 Å². The summed E-state index contributed by atoms with van der Waals surface area (Å²) in [5.41, 5.74) is 1.07. The molecule has 0 unspecified atom stereocenters. The molecule has 6 heteroatoms. The van der Waals surface area contributed by atoms with E-state index in [1.165, 1.54) is 18.3 Å². The van der Waals surface area contributed by atoms with Crippen LogP contribution in [0.3, 0.4) is 0 Å². The number of hydrogen-bond acceptors (Lipinski definition) is 3. The first-order chi connectivity index (χ1) is 8.65. The van der Waals surface area contributed by atoms with Crippen molar-refractivity contribution in [2.24, 2.45) is 0 Å². The normalized spacial score (nSPS) is 9.83. The molecule has 2 amide bonds. The number of aromatic hydroxyl groups is 1. The lowest BCUT2D eigenvalue weighted by atomic mass is 10.3. The summed E-state index contributed by atoms with van der Waals surface area (Å²) in [6.07, 6.45) is 3.15. The summed E-state index contributed by atoms with van der Waals surface area (Å²) >= 11 is 5.73. The Bertz CT molecular complexity index is 561. The Labute approximate surface area is 108 Å². The highest BCUT2D eigenvalue weighted by Crippen LogP contribution is 2.26. The van der Waals surface area contributed by atoms with Crippen LogP contribution in [-0.4, -0.2) is 16.1 Å². The number of phenols is 1. The van der Waals surface area contributed by atoms with Gasteiger partial charge >= 0.3 is 6.03 Å². The molecule has 2 aromatic rings. The Kier molecular flexibility index (Phi) is 3.64. The lowest BCUT2D eigenvalue weighted by molar-refractivity contribution is 0.262. The SMILES string of the molecule is O=C(Nc1cccnc1)Nc1ccc(O)c(Cl)c1. The highest BCUT2D eigenvalue weighted by Gasteiger charge is 2.04. The summed E-state index contributed by atoms with van der Waals surface area (Å²) in [4.78, 5) is 15.5. The molecule has 0 saturated carbocycles. The molecule has 1 heterocycles. The number of benzene rings is 1. The maximum absolute atomic E-state index is 11.6. The van der Waals surface area contributed by atoms with Crippen LogP contribution in [0.2, 0.25) is 5.02 Å². The molecule has 0 aliphatic rings. The molecule has 2 rings (SSSR count). The molecule has 0 spiro atoms. The fraction of sp³-hybridized carbons (Fsp3) is 0. The molecular weight excluding hydrogens is 254 g/mol. The van der Waals surface area contributed by atoms with E-state index >= 15 is 0 Å². The van der Waals surface area contributed by atoms with Crippen molar-refractivity contribution in [3.8, 4) is 5.75 Å². The Morgan fingerprint density at radius 2 is 2.00 bits per heavy atom. The van der Waals surface area contributed by atoms with Crippen molar-refractivity contribution < 1.29 is 9.90 Å². The summed E-state index contributed by atoms with van der Waals surface area (Å²) in [5.74, 6) is -0.0325. The highest BCUT2D eigenvalue weighted by molar-refractivity contribution is 6.32. The molecule has 0 aliphatic carbocycles. The van der Waals surface area contributed by atoms with Crippen LogP contribution >= 0.6 is 11.6 Å². The van der Waals surface area contributed by atoms with Gasteiger partial charge in [-0.3, -0.25) is 4.98 Å². The number of pyridine rings is 1. The molecule has 0 radical (unpaired) electrons. The number of amides is 2. The van der Waals surface area contributed by atoms with Gasteiger partial charge in [-0.05, 0) is 30.3 Å². The fourth-order valence-corrected chi connectivity index (χ4v) is 1.50. The van der Waals surface area contributed by atoms with Crippen LogP contribution in [0.15, 0.2) is 42.7 Å². The smallest absolute Gasteiger partial charge is 0.323 e. The average Bonchev–Trinajstić information content (AvgIpc) is 2.35. The average molecular weight is 264 g/mol. The number of phenolic OH excluding ortho intramolecular Hbond substituents is 1. The van der Waals surface area contributed by atoms with Crippen LogP contribution in [0.5, 0.6) is 5.75 Å². The second-order valence-electron chi connectivity index (χ2n) is 3.49. The molecule has 0 aliphatic heterocycles. The highest BCUT2D eigenvalue weighted by atomic mass is 35.5. The van der Waals surface area contributed by atoms with Crippen LogP contribution in [0.4, 0.5) is 16.2 Å². The standard InChI is InChI=1S/C12H10ClN3O2/c13-10-6-8(3-4-11(10)17)15-12(18)16-9-2-1-5-14-7-9/h1-7,17H,(H2,15,16,18). The van der Waals surface area contributed by atoms with Crippen LogP contribution in [0.25, 0.3) is 0 Å². The number of hydrogen-bond donors (Lipinski definition) is 3. The van der Waals surface area contributed by atoms with Gasteiger partial charge in [0.15, 0.2) is 0 Å². The van der Waals surface area contributed by atoms with E-state index in [0.29, 0.717) is 11.4 Å². The number of carbonyl (C=O) groups is 1. The summed E-state index contributed by atoms with van der Waals surface area (Å²) < 4.78 is 0. The molecule has 92 valence electrons. The number of aromatic nitrogens is 1. The van der Waals surface area contributed by atoms with Gasteiger partial charge in [0.25, 0.3) is 0 Å². The molecule has 0 saturated heterocycles. The number of nitrogens with zero attached hydrogens (tertiary/aromatic N) is 1. The second kappa shape index (κ2) is 5.37. The van der Waals surface area contributed by atoms with Gasteiger partial charge in [0.1, 0.15) is 5.75 Å². The zero-order valence-electron chi connectivity index (χ0n) is 9.22. The van der Waals surface area contributed by atoms with Gasteiger partial charge in [0.2, 0.25) is 0 Å². The van der Waals surface area contributed by atoms with Gasteiger partial charge in [0, 0.05) is 11.9 Å². The maximum atomic E-state index is 11.6. The minimum absolute atomic E-state index is 0.0325. The Morgan fingerprint density at radius 3 is 2.67 bits per heavy atom. The lowest BCUT2D eigenvalue weighted by Gasteiger charge is -2.07. The van der Waals surface area contributed by atoms with E-state index in [1.54, 1.807) is 24.4 Å². The number of urea groups is 1. The largest absolute Gasteiger partial charge is 0.506 e. The molecule has 1 aromatic heterocycles. The quantitative estimate of drug-likeness (QED) is 0.729. The number of anilines is 2. The Hall–Kier alpha value is -2.27. The van der Waals surface area contributed by atoms with Crippen LogP contribution in [0.1, 0.15) is 0 Å². The van der Waals surface area contributed by atoms with Gasteiger partial charge in [-0.15, -0.1) is 0 Å². The molecule has 5 nitrogen and oxygen atoms in total. The minimum Gasteiger partial charge on any atom is -0.506 e. The summed E-state index contributed by atoms with van der Waals surface area (Å²) in [6.45, 7) is 0. The van der Waals surface area contributed by atoms with E-state index in [1.807, 2.05) is 0 Å². The summed E-state index contributed by atoms with van der Waals surface area (Å²) in [5, 5.41) is 14.6. The van der Waals surface area contributed by atoms with E-state index in [9.17, 15) is 9.90 Å². The number of nitrogens with one attached hydrogen (secondary N) is 2. The lowest BCUT2D eigenvalue weighted by Crippen LogP contribution is -2.19. The number of carbonyl (C=O) groups excluding carboxylic acids is 1. The molecule has 0 bridgehead atoms. The third-order valence-corrected chi connectivity index (χ3v) is 2.43. The van der Waals surface area contributed by atoms with Crippen LogP contribution in [0, 0.1) is 0 Å². The Balaban J connectivity index is 2.01. The molecule has 0 atom stereocenters. The molecular formula is C12H10ClN3O2. The van der Waals surface area contributed by atoms with Gasteiger partial charge in [-0.25, -0.2) is 4.79 Å². The van der Waals surface area contributed by atoms with Gasteiger partial charge in [-0.2, -0.15) is 0 Å². The zero-order chi connectivity index (χ0) is 13.0. The first-order valence-electron chi connectivity index (χ1n) is 5.12. The molecule has 1 aromatic carbocycles. The predicted octanol–water partition coefficient (Wildman–Crippen LogP) is 3.08. The van der Waals surface area contributed by atoms with Crippen molar-refractivity contribution in [3.05, 3.63) is 47.7 Å². The summed E-state index contributed by atoms with van der Waals surface area (Å²) in [7, 11) is 0. The summed E-state index contributed by atoms with van der Waals surface area (Å²) in [6, 6.07) is 7.43. The molecule has 18 heavy (non-hydrogen) atoms. The molecule has 0 fully saturated rings. The van der Waals surface area contributed by atoms with Crippen LogP contribution < -0.4 is 10.6 Å². The van der Waals surface area contributed by atoms with Gasteiger partial charge in [-0.1, -0.05) is 11.6 Å². The molecule has 3 N–H and O–H groups in total. The first kappa shape index (κ1) is 12.2. The number of rotatable bonds is 2. The van der Waals surface area contributed by atoms with E-state index in [-0.39, 0.29) is 10.8 Å². The Morgan fingerprint density at radius 1 is 1.22 bits per heavy atom. The van der Waals surface area contributed by atoms with Crippen molar-refractivity contribution in [2.45, 2.75) is 0 Å². The minimum atomic E-state index is -0.412. The van der Waals surface area contributed by atoms with E-state index in [2.05, 4.69) is 15.6 Å². The zero-order valence-corrected chi connectivity index (χ0v) is 9.98. The van der Waals surface area contributed by atoms with E-state index in [4.69, 9.17) is 11.6 Å². The second-order valence-corrected chi connectivity index (χ2v) is 3.89. The fourth-order valence-electron chi connectivity index (χ4n) is 1.31. The van der Waals surface area contributed by atoms with Crippen molar-refractivity contribution in [3.63, 3.8) is 0 Å². The third-order valence-electron chi connectivity index (χ3n) is 2.12. The van der Waals surface area contributed by atoms with E-state index in [0.717, 1.165) is 0 Å². The maximum Gasteiger partial charge on any atom is 0.323 e. The number of halogens is 1. The van der Waals surface area contributed by atoms with Crippen molar-refractivity contribution >= 4 is 29.0 Å². The van der Waals surface area contributed by atoms with Gasteiger partial charge < -0.3 is 15.7 Å². The first-order valence-corrected chi connectivity index (χ1v) is 5.49. The van der Waals surface area contributed by atoms with Crippen molar-refractivity contribution in [1.29, 1.82) is 0 Å².